The predicted molar refractivity (Wildman–Crippen MR) is 82.8 cm³/mol. The zero-order chi connectivity index (χ0) is 15.1. The molecular weight excluding hydrogens is 268 g/mol. The topological polar surface area (TPSA) is 54.0 Å². The Morgan fingerprint density at radius 3 is 2.86 bits per heavy atom. The number of morpholine rings is 1. The van der Waals surface area contributed by atoms with Crippen molar-refractivity contribution in [2.45, 2.75) is 26.4 Å². The summed E-state index contributed by atoms with van der Waals surface area (Å²) in [5.41, 5.74) is 0.870. The third-order valence-electron chi connectivity index (χ3n) is 3.66. The van der Waals surface area contributed by atoms with Gasteiger partial charge in [0.25, 0.3) is 0 Å². The van der Waals surface area contributed by atoms with Gasteiger partial charge in [-0.1, -0.05) is 12.1 Å². The van der Waals surface area contributed by atoms with Gasteiger partial charge in [-0.2, -0.15) is 0 Å². The standard InChI is InChI=1S/C16H26N2O3/c1-3-21-15-6-4-5-14(16(15)19)11-17-13(2)12-18-7-9-20-10-8-18/h4-6,13,17,19H,3,7-12H2,1-2H3. The molecule has 118 valence electrons. The highest BCUT2D eigenvalue weighted by molar-refractivity contribution is 5.45. The van der Waals surface area contributed by atoms with Gasteiger partial charge in [-0.15, -0.1) is 0 Å². The molecule has 1 saturated heterocycles. The third-order valence-corrected chi connectivity index (χ3v) is 3.66. The lowest BCUT2D eigenvalue weighted by Gasteiger charge is -2.29. The maximum Gasteiger partial charge on any atom is 0.162 e. The molecule has 0 saturated carbocycles. The van der Waals surface area contributed by atoms with Crippen molar-refractivity contribution in [2.75, 3.05) is 39.5 Å². The normalized spacial score (nSPS) is 17.6. The maximum atomic E-state index is 10.2. The van der Waals surface area contributed by atoms with Crippen LogP contribution < -0.4 is 10.1 Å². The van der Waals surface area contributed by atoms with Crippen LogP contribution in [0.2, 0.25) is 0 Å². The summed E-state index contributed by atoms with van der Waals surface area (Å²) in [5.74, 6) is 0.794. The van der Waals surface area contributed by atoms with Crippen LogP contribution in [0.3, 0.4) is 0 Å². The first-order valence-electron chi connectivity index (χ1n) is 7.67. The molecule has 1 atom stereocenters. The molecule has 1 aliphatic heterocycles. The second kappa shape index (κ2) is 8.22. The van der Waals surface area contributed by atoms with Gasteiger partial charge in [-0.05, 0) is 19.9 Å². The highest BCUT2D eigenvalue weighted by atomic mass is 16.5. The van der Waals surface area contributed by atoms with Crippen molar-refractivity contribution in [1.29, 1.82) is 0 Å². The van der Waals surface area contributed by atoms with E-state index in [9.17, 15) is 5.11 Å². The van der Waals surface area contributed by atoms with Crippen LogP contribution in [0.4, 0.5) is 0 Å². The monoisotopic (exact) mass is 294 g/mol. The summed E-state index contributed by atoms with van der Waals surface area (Å²) in [6.45, 7) is 9.90. The molecule has 5 heteroatoms. The number of hydrogen-bond donors (Lipinski definition) is 2. The molecule has 21 heavy (non-hydrogen) atoms. The minimum Gasteiger partial charge on any atom is -0.504 e. The Bertz CT molecular complexity index is 434. The van der Waals surface area contributed by atoms with Crippen LogP contribution in [0.15, 0.2) is 18.2 Å². The van der Waals surface area contributed by atoms with Crippen LogP contribution in [0, 0.1) is 0 Å². The summed E-state index contributed by atoms with van der Waals surface area (Å²) in [7, 11) is 0. The van der Waals surface area contributed by atoms with Gasteiger partial charge in [0, 0.05) is 37.8 Å². The summed E-state index contributed by atoms with van der Waals surface area (Å²) in [6, 6.07) is 5.98. The second-order valence-corrected chi connectivity index (χ2v) is 5.39. The number of para-hydroxylation sites is 1. The van der Waals surface area contributed by atoms with Crippen molar-refractivity contribution in [3.63, 3.8) is 0 Å². The fourth-order valence-corrected chi connectivity index (χ4v) is 2.50. The first-order chi connectivity index (χ1) is 10.2. The molecule has 0 radical (unpaired) electrons. The van der Waals surface area contributed by atoms with Crippen molar-refractivity contribution in [3.05, 3.63) is 23.8 Å². The third kappa shape index (κ3) is 4.88. The first kappa shape index (κ1) is 16.1. The summed E-state index contributed by atoms with van der Waals surface area (Å²) < 4.78 is 10.8. The van der Waals surface area contributed by atoms with Gasteiger partial charge in [-0.25, -0.2) is 0 Å². The largest absolute Gasteiger partial charge is 0.504 e. The average Bonchev–Trinajstić information content (AvgIpc) is 2.49. The summed E-state index contributed by atoms with van der Waals surface area (Å²) in [6.07, 6.45) is 0. The number of nitrogens with zero attached hydrogens (tertiary/aromatic N) is 1. The summed E-state index contributed by atoms with van der Waals surface area (Å²) in [5, 5.41) is 13.6. The Morgan fingerprint density at radius 1 is 1.38 bits per heavy atom. The van der Waals surface area contributed by atoms with Gasteiger partial charge in [0.1, 0.15) is 0 Å². The molecule has 1 aliphatic rings. The van der Waals surface area contributed by atoms with Crippen LogP contribution in [0.1, 0.15) is 19.4 Å². The number of nitrogens with one attached hydrogen (secondary N) is 1. The van der Waals surface area contributed by atoms with E-state index in [2.05, 4.69) is 17.1 Å². The molecule has 1 fully saturated rings. The van der Waals surface area contributed by atoms with E-state index in [1.54, 1.807) is 6.07 Å². The summed E-state index contributed by atoms with van der Waals surface area (Å²) in [4.78, 5) is 2.40. The zero-order valence-corrected chi connectivity index (χ0v) is 13.0. The molecule has 2 N–H and O–H groups in total. The molecule has 1 unspecified atom stereocenters. The molecule has 1 aromatic rings. The smallest absolute Gasteiger partial charge is 0.162 e. The van der Waals surface area contributed by atoms with Crippen molar-refractivity contribution in [2.24, 2.45) is 0 Å². The second-order valence-electron chi connectivity index (χ2n) is 5.39. The first-order valence-corrected chi connectivity index (χ1v) is 7.67. The number of phenolic OH excluding ortho intramolecular Hbond substituents is 1. The zero-order valence-electron chi connectivity index (χ0n) is 13.0. The SMILES string of the molecule is CCOc1cccc(CNC(C)CN2CCOCC2)c1O. The number of ether oxygens (including phenoxy) is 2. The van der Waals surface area contributed by atoms with Crippen molar-refractivity contribution in [1.82, 2.24) is 10.2 Å². The Labute approximate surface area is 126 Å². The lowest BCUT2D eigenvalue weighted by atomic mass is 10.1. The Kier molecular flexibility index (Phi) is 6.29. The van der Waals surface area contributed by atoms with Gasteiger partial charge >= 0.3 is 0 Å². The van der Waals surface area contributed by atoms with E-state index in [1.807, 2.05) is 19.1 Å². The van der Waals surface area contributed by atoms with E-state index in [0.29, 0.717) is 24.9 Å². The number of rotatable bonds is 7. The highest BCUT2D eigenvalue weighted by Gasteiger charge is 2.14. The summed E-state index contributed by atoms with van der Waals surface area (Å²) >= 11 is 0. The predicted octanol–water partition coefficient (Wildman–Crippen LogP) is 1.60. The van der Waals surface area contributed by atoms with Crippen LogP contribution in [0.25, 0.3) is 0 Å². The Balaban J connectivity index is 1.83. The molecule has 5 nitrogen and oxygen atoms in total. The lowest BCUT2D eigenvalue weighted by molar-refractivity contribution is 0.0343. The molecule has 0 aromatic heterocycles. The minimum absolute atomic E-state index is 0.241. The fraction of sp³-hybridized carbons (Fsp3) is 0.625. The average molecular weight is 294 g/mol. The van der Waals surface area contributed by atoms with Gasteiger partial charge in [0.15, 0.2) is 11.5 Å². The van der Waals surface area contributed by atoms with E-state index < -0.39 is 0 Å². The van der Waals surface area contributed by atoms with Crippen molar-refractivity contribution < 1.29 is 14.6 Å². The molecule has 0 spiro atoms. The van der Waals surface area contributed by atoms with Crippen LogP contribution in [-0.4, -0.2) is 55.5 Å². The molecule has 1 heterocycles. The Hall–Kier alpha value is -1.30. The van der Waals surface area contributed by atoms with Crippen molar-refractivity contribution in [3.8, 4) is 11.5 Å². The number of phenols is 1. The van der Waals surface area contributed by atoms with Crippen LogP contribution in [0.5, 0.6) is 11.5 Å². The van der Waals surface area contributed by atoms with E-state index >= 15 is 0 Å². The number of benzene rings is 1. The van der Waals surface area contributed by atoms with Gasteiger partial charge in [-0.3, -0.25) is 4.90 Å². The van der Waals surface area contributed by atoms with E-state index in [-0.39, 0.29) is 5.75 Å². The van der Waals surface area contributed by atoms with Crippen LogP contribution >= 0.6 is 0 Å². The molecule has 1 aromatic carbocycles. The molecule has 0 aliphatic carbocycles. The molecule has 2 rings (SSSR count). The van der Waals surface area contributed by atoms with Gasteiger partial charge in [0.05, 0.1) is 19.8 Å². The van der Waals surface area contributed by atoms with Crippen molar-refractivity contribution >= 4 is 0 Å². The lowest BCUT2D eigenvalue weighted by Crippen LogP contribution is -2.44. The minimum atomic E-state index is 0.241. The fourth-order valence-electron chi connectivity index (χ4n) is 2.50. The molecule has 0 bridgehead atoms. The van der Waals surface area contributed by atoms with Gasteiger partial charge < -0.3 is 19.9 Å². The Morgan fingerprint density at radius 2 is 2.14 bits per heavy atom. The van der Waals surface area contributed by atoms with E-state index in [1.165, 1.54) is 0 Å². The number of aromatic hydroxyl groups is 1. The van der Waals surface area contributed by atoms with Crippen LogP contribution in [-0.2, 0) is 11.3 Å². The number of hydrogen-bond acceptors (Lipinski definition) is 5. The molecule has 0 amide bonds. The van der Waals surface area contributed by atoms with Gasteiger partial charge in [0.2, 0.25) is 0 Å². The van der Waals surface area contributed by atoms with E-state index in [0.717, 1.165) is 38.4 Å². The highest BCUT2D eigenvalue weighted by Crippen LogP contribution is 2.29. The maximum absolute atomic E-state index is 10.2. The molecular formula is C16H26N2O3. The van der Waals surface area contributed by atoms with E-state index in [4.69, 9.17) is 9.47 Å². The quantitative estimate of drug-likeness (QED) is 0.800.